The fourth-order valence-corrected chi connectivity index (χ4v) is 4.95. The molecule has 3 aromatic carbocycles. The van der Waals surface area contributed by atoms with E-state index in [1.807, 2.05) is 53.5 Å². The summed E-state index contributed by atoms with van der Waals surface area (Å²) in [6.07, 6.45) is 0.158. The van der Waals surface area contributed by atoms with Crippen LogP contribution in [0.25, 0.3) is 0 Å². The maximum Gasteiger partial charge on any atom is 0.231 e. The Hall–Kier alpha value is -3.78. The van der Waals surface area contributed by atoms with Gasteiger partial charge in [0.1, 0.15) is 5.75 Å². The van der Waals surface area contributed by atoms with E-state index in [0.717, 1.165) is 39.7 Å². The van der Waals surface area contributed by atoms with Crippen molar-refractivity contribution >= 4 is 17.3 Å². The zero-order valence-electron chi connectivity index (χ0n) is 19.4. The molecule has 0 N–H and O–H groups in total. The highest BCUT2D eigenvalue weighted by atomic mass is 35.5. The third-order valence-corrected chi connectivity index (χ3v) is 6.67. The number of fused-ring (bicyclic) bond motifs is 4. The van der Waals surface area contributed by atoms with Crippen LogP contribution in [0, 0.1) is 0 Å². The van der Waals surface area contributed by atoms with E-state index >= 15 is 0 Å². The van der Waals surface area contributed by atoms with Gasteiger partial charge in [0.05, 0.1) is 33.1 Å². The Kier molecular flexibility index (Phi) is 5.25. The molecule has 0 unspecified atom stereocenters. The SMILES string of the molecule is COc1cc([C@H]2Oc3ccc(Cl)cc3[C@@H]3CC(c4ccc5c(c4)OCO5)=NN23)cc(OC)c1OC. The maximum atomic E-state index is 6.48. The first-order chi connectivity index (χ1) is 17.1. The Morgan fingerprint density at radius 2 is 1.63 bits per heavy atom. The second kappa shape index (κ2) is 8.46. The van der Waals surface area contributed by atoms with Crippen LogP contribution in [0.1, 0.15) is 35.4 Å². The van der Waals surface area contributed by atoms with E-state index < -0.39 is 6.23 Å². The van der Waals surface area contributed by atoms with Crippen LogP contribution >= 0.6 is 11.6 Å². The van der Waals surface area contributed by atoms with Crippen molar-refractivity contribution in [1.29, 1.82) is 0 Å². The van der Waals surface area contributed by atoms with E-state index in [-0.39, 0.29) is 12.8 Å². The Morgan fingerprint density at radius 3 is 2.37 bits per heavy atom. The molecule has 0 spiro atoms. The summed E-state index contributed by atoms with van der Waals surface area (Å²) in [5.74, 6) is 3.82. The van der Waals surface area contributed by atoms with E-state index in [2.05, 4.69) is 0 Å². The first-order valence-corrected chi connectivity index (χ1v) is 11.5. The zero-order chi connectivity index (χ0) is 24.1. The topological polar surface area (TPSA) is 71.0 Å². The largest absolute Gasteiger partial charge is 0.493 e. The second-order valence-corrected chi connectivity index (χ2v) is 8.76. The summed E-state index contributed by atoms with van der Waals surface area (Å²) in [6.45, 7) is 0.225. The highest BCUT2D eigenvalue weighted by Crippen LogP contribution is 2.50. The molecule has 3 heterocycles. The van der Waals surface area contributed by atoms with Gasteiger partial charge >= 0.3 is 0 Å². The van der Waals surface area contributed by atoms with E-state index in [0.29, 0.717) is 28.7 Å². The molecule has 3 aliphatic rings. The Morgan fingerprint density at radius 1 is 0.886 bits per heavy atom. The smallest absolute Gasteiger partial charge is 0.231 e. The van der Waals surface area contributed by atoms with Crippen molar-refractivity contribution in [2.75, 3.05) is 28.1 Å². The lowest BCUT2D eigenvalue weighted by atomic mass is 9.95. The molecule has 0 bridgehead atoms. The molecule has 0 radical (unpaired) electrons. The summed E-state index contributed by atoms with van der Waals surface area (Å²) in [6, 6.07) is 15.3. The van der Waals surface area contributed by atoms with E-state index in [1.54, 1.807) is 21.3 Å². The Labute approximate surface area is 207 Å². The maximum absolute atomic E-state index is 6.48. The van der Waals surface area contributed by atoms with Crippen molar-refractivity contribution < 1.29 is 28.4 Å². The lowest BCUT2D eigenvalue weighted by Gasteiger charge is -2.38. The molecule has 3 aromatic rings. The standard InChI is InChI=1S/C26H23ClN2O6/c1-30-23-9-15(10-24(31-2)25(23)32-3)26-29-19(17-11-16(27)5-7-20(17)35-26)12-18(28-29)14-4-6-21-22(8-14)34-13-33-21/h4-11,19,26H,12-13H2,1-3H3/t19-,26+/m0/s1. The molecule has 0 saturated heterocycles. The lowest BCUT2D eigenvalue weighted by molar-refractivity contribution is -0.0192. The van der Waals surface area contributed by atoms with Crippen molar-refractivity contribution in [3.8, 4) is 34.5 Å². The highest BCUT2D eigenvalue weighted by molar-refractivity contribution is 6.30. The molecule has 6 rings (SSSR count). The molecule has 0 aromatic heterocycles. The van der Waals surface area contributed by atoms with E-state index in [4.69, 9.17) is 45.1 Å². The van der Waals surface area contributed by atoms with Gasteiger partial charge in [-0.05, 0) is 48.5 Å². The summed E-state index contributed by atoms with van der Waals surface area (Å²) in [5.41, 5.74) is 3.69. The Balaban J connectivity index is 1.46. The molecule has 35 heavy (non-hydrogen) atoms. The van der Waals surface area contributed by atoms with Gasteiger partial charge in [0.2, 0.25) is 18.8 Å². The number of nitrogens with zero attached hydrogens (tertiary/aromatic N) is 2. The third-order valence-electron chi connectivity index (χ3n) is 6.43. The van der Waals surface area contributed by atoms with Crippen LogP contribution in [-0.2, 0) is 0 Å². The van der Waals surface area contributed by atoms with Gasteiger partial charge in [-0.15, -0.1) is 0 Å². The van der Waals surface area contributed by atoms with Crippen LogP contribution in [0.2, 0.25) is 5.02 Å². The third kappa shape index (κ3) is 3.56. The normalized spacial score (nSPS) is 19.4. The van der Waals surface area contributed by atoms with Gasteiger partial charge < -0.3 is 28.4 Å². The van der Waals surface area contributed by atoms with Gasteiger partial charge in [-0.2, -0.15) is 5.10 Å². The fourth-order valence-electron chi connectivity index (χ4n) is 4.77. The number of hydrogen-bond acceptors (Lipinski definition) is 8. The van der Waals surface area contributed by atoms with Crippen LogP contribution in [0.4, 0.5) is 0 Å². The van der Waals surface area contributed by atoms with Gasteiger partial charge in [-0.1, -0.05) is 11.6 Å². The van der Waals surface area contributed by atoms with Gasteiger partial charge in [0, 0.05) is 28.1 Å². The number of methoxy groups -OCH3 is 3. The van der Waals surface area contributed by atoms with Crippen LogP contribution in [0.5, 0.6) is 34.5 Å². The predicted octanol–water partition coefficient (Wildman–Crippen LogP) is 5.34. The van der Waals surface area contributed by atoms with Crippen LogP contribution < -0.4 is 28.4 Å². The monoisotopic (exact) mass is 494 g/mol. The molecular weight excluding hydrogens is 472 g/mol. The minimum atomic E-state index is -0.520. The molecule has 3 aliphatic heterocycles. The van der Waals surface area contributed by atoms with E-state index in [1.165, 1.54) is 0 Å². The van der Waals surface area contributed by atoms with Crippen molar-refractivity contribution in [2.24, 2.45) is 5.10 Å². The predicted molar refractivity (Wildman–Crippen MR) is 129 cm³/mol. The number of hydrazone groups is 1. The number of ether oxygens (including phenoxy) is 6. The fraction of sp³-hybridized carbons (Fsp3) is 0.269. The molecule has 2 atom stereocenters. The first-order valence-electron chi connectivity index (χ1n) is 11.1. The quantitative estimate of drug-likeness (QED) is 0.474. The van der Waals surface area contributed by atoms with Crippen LogP contribution in [0.3, 0.4) is 0 Å². The van der Waals surface area contributed by atoms with Crippen LogP contribution in [0.15, 0.2) is 53.6 Å². The van der Waals surface area contributed by atoms with E-state index in [9.17, 15) is 0 Å². The molecule has 180 valence electrons. The number of rotatable bonds is 5. The molecule has 0 amide bonds. The van der Waals surface area contributed by atoms with Crippen LogP contribution in [-0.4, -0.2) is 38.8 Å². The number of benzene rings is 3. The summed E-state index contributed by atoms with van der Waals surface area (Å²) < 4.78 is 34.2. The molecule has 0 saturated carbocycles. The number of hydrogen-bond donors (Lipinski definition) is 0. The first kappa shape index (κ1) is 21.7. The molecule has 9 heteroatoms. The Bertz CT molecular complexity index is 1320. The number of halogens is 1. The minimum Gasteiger partial charge on any atom is -0.493 e. The van der Waals surface area contributed by atoms with Gasteiger partial charge in [-0.25, -0.2) is 5.01 Å². The zero-order valence-corrected chi connectivity index (χ0v) is 20.2. The average Bonchev–Trinajstić information content (AvgIpc) is 3.54. The van der Waals surface area contributed by atoms with Gasteiger partial charge in [0.15, 0.2) is 23.0 Å². The summed E-state index contributed by atoms with van der Waals surface area (Å²) in [5, 5.41) is 7.64. The van der Waals surface area contributed by atoms with Crippen molar-refractivity contribution in [1.82, 2.24) is 5.01 Å². The van der Waals surface area contributed by atoms with Crippen molar-refractivity contribution in [3.05, 3.63) is 70.2 Å². The van der Waals surface area contributed by atoms with Crippen molar-refractivity contribution in [2.45, 2.75) is 18.7 Å². The average molecular weight is 495 g/mol. The van der Waals surface area contributed by atoms with Crippen molar-refractivity contribution in [3.63, 3.8) is 0 Å². The highest BCUT2D eigenvalue weighted by Gasteiger charge is 2.42. The summed E-state index contributed by atoms with van der Waals surface area (Å²) >= 11 is 6.36. The summed E-state index contributed by atoms with van der Waals surface area (Å²) in [7, 11) is 4.76. The minimum absolute atomic E-state index is 0.0676. The molecule has 0 aliphatic carbocycles. The second-order valence-electron chi connectivity index (χ2n) is 8.33. The molecule has 8 nitrogen and oxygen atoms in total. The molecule has 0 fully saturated rings. The summed E-state index contributed by atoms with van der Waals surface area (Å²) in [4.78, 5) is 0. The van der Waals surface area contributed by atoms with Gasteiger partial charge in [-0.3, -0.25) is 0 Å². The lowest BCUT2D eigenvalue weighted by Crippen LogP contribution is -2.33. The van der Waals surface area contributed by atoms with Gasteiger partial charge in [0.25, 0.3) is 0 Å². The molecular formula is C26H23ClN2O6.